The second-order valence-electron chi connectivity index (χ2n) is 5.76. The van der Waals surface area contributed by atoms with Crippen molar-refractivity contribution in [2.75, 3.05) is 14.2 Å². The van der Waals surface area contributed by atoms with E-state index in [-0.39, 0.29) is 31.0 Å². The fourth-order valence-corrected chi connectivity index (χ4v) is 2.55. The van der Waals surface area contributed by atoms with Gasteiger partial charge >= 0.3 is 5.97 Å². The predicted octanol–water partition coefficient (Wildman–Crippen LogP) is 3.19. The van der Waals surface area contributed by atoms with E-state index in [4.69, 9.17) is 9.47 Å². The van der Waals surface area contributed by atoms with E-state index in [1.165, 1.54) is 13.2 Å². The van der Waals surface area contributed by atoms with Crippen LogP contribution in [0.2, 0.25) is 0 Å². The van der Waals surface area contributed by atoms with Gasteiger partial charge in [0.15, 0.2) is 0 Å². The number of esters is 1. The van der Waals surface area contributed by atoms with E-state index in [9.17, 15) is 14.0 Å². The van der Waals surface area contributed by atoms with Crippen molar-refractivity contribution in [3.63, 3.8) is 0 Å². The maximum Gasteiger partial charge on any atom is 0.307 e. The molecule has 0 aliphatic rings. The molecule has 0 fully saturated rings. The number of nitrogens with one attached hydrogen (secondary N) is 1. The van der Waals surface area contributed by atoms with Gasteiger partial charge in [0, 0.05) is 6.42 Å². The Balaban J connectivity index is 2.03. The number of hydrogen-bond acceptors (Lipinski definition) is 4. The molecule has 1 amide bonds. The van der Waals surface area contributed by atoms with Gasteiger partial charge in [-0.1, -0.05) is 30.3 Å². The number of aryl methyl sites for hydroxylation is 1. The Kier molecular flexibility index (Phi) is 7.14. The van der Waals surface area contributed by atoms with Crippen LogP contribution in [0.15, 0.2) is 48.5 Å². The van der Waals surface area contributed by atoms with Crippen molar-refractivity contribution in [3.05, 3.63) is 65.5 Å². The first kappa shape index (κ1) is 19.4. The molecule has 0 aliphatic carbocycles. The highest BCUT2D eigenvalue weighted by Gasteiger charge is 2.19. The second-order valence-corrected chi connectivity index (χ2v) is 5.76. The zero-order valence-electron chi connectivity index (χ0n) is 14.8. The van der Waals surface area contributed by atoms with E-state index in [0.717, 1.165) is 5.56 Å². The summed E-state index contributed by atoms with van der Waals surface area (Å²) in [7, 11) is 2.86. The van der Waals surface area contributed by atoms with Gasteiger partial charge in [-0.25, -0.2) is 4.39 Å². The Hall–Kier alpha value is -2.89. The van der Waals surface area contributed by atoms with Crippen molar-refractivity contribution >= 4 is 11.9 Å². The fourth-order valence-electron chi connectivity index (χ4n) is 2.55. The summed E-state index contributed by atoms with van der Waals surface area (Å²) in [5, 5.41) is 2.82. The number of amides is 1. The molecular weight excluding hydrogens is 337 g/mol. The van der Waals surface area contributed by atoms with Crippen LogP contribution in [0.4, 0.5) is 4.39 Å². The van der Waals surface area contributed by atoms with Gasteiger partial charge in [-0.2, -0.15) is 0 Å². The van der Waals surface area contributed by atoms with E-state index in [0.29, 0.717) is 11.3 Å². The molecular formula is C20H22FNO4. The zero-order valence-corrected chi connectivity index (χ0v) is 14.8. The summed E-state index contributed by atoms with van der Waals surface area (Å²) in [6.07, 6.45) is 0.412. The largest absolute Gasteiger partial charge is 0.497 e. The van der Waals surface area contributed by atoms with Crippen molar-refractivity contribution in [1.29, 1.82) is 0 Å². The Morgan fingerprint density at radius 1 is 1.08 bits per heavy atom. The van der Waals surface area contributed by atoms with Gasteiger partial charge in [0.1, 0.15) is 11.6 Å². The highest BCUT2D eigenvalue weighted by atomic mass is 19.1. The Morgan fingerprint density at radius 2 is 1.77 bits per heavy atom. The Bertz CT molecular complexity index is 746. The van der Waals surface area contributed by atoms with Gasteiger partial charge in [0.05, 0.1) is 26.7 Å². The zero-order chi connectivity index (χ0) is 18.9. The monoisotopic (exact) mass is 359 g/mol. The molecule has 1 N–H and O–H groups in total. The molecule has 6 heteroatoms. The summed E-state index contributed by atoms with van der Waals surface area (Å²) in [6.45, 7) is 0. The summed E-state index contributed by atoms with van der Waals surface area (Å²) < 4.78 is 23.5. The molecule has 0 saturated heterocycles. The van der Waals surface area contributed by atoms with Crippen LogP contribution in [0.1, 0.15) is 30.0 Å². The van der Waals surface area contributed by atoms with Crippen LogP contribution < -0.4 is 10.1 Å². The first-order chi connectivity index (χ1) is 12.5. The van der Waals surface area contributed by atoms with E-state index < -0.39 is 12.0 Å². The molecule has 1 atom stereocenters. The minimum atomic E-state index is -0.526. The van der Waals surface area contributed by atoms with Crippen molar-refractivity contribution < 1.29 is 23.5 Å². The van der Waals surface area contributed by atoms with E-state index in [1.807, 2.05) is 0 Å². The molecule has 0 unspecified atom stereocenters. The normalized spacial score (nSPS) is 11.5. The van der Waals surface area contributed by atoms with Crippen molar-refractivity contribution in [1.82, 2.24) is 5.32 Å². The quantitative estimate of drug-likeness (QED) is 0.735. The molecule has 2 rings (SSSR count). The molecule has 0 spiro atoms. The summed E-state index contributed by atoms with van der Waals surface area (Å²) in [5.41, 5.74) is 1.24. The van der Waals surface area contributed by atoms with Crippen molar-refractivity contribution in [3.8, 4) is 5.75 Å². The highest BCUT2D eigenvalue weighted by Crippen LogP contribution is 2.21. The molecule has 0 saturated carbocycles. The first-order valence-corrected chi connectivity index (χ1v) is 8.27. The van der Waals surface area contributed by atoms with E-state index >= 15 is 0 Å². The van der Waals surface area contributed by atoms with Gasteiger partial charge < -0.3 is 14.8 Å². The minimum Gasteiger partial charge on any atom is -0.497 e. The molecule has 5 nitrogen and oxygen atoms in total. The summed E-state index contributed by atoms with van der Waals surface area (Å²) in [5.74, 6) is -0.351. The van der Waals surface area contributed by atoms with Gasteiger partial charge in [0.25, 0.3) is 0 Å². The highest BCUT2D eigenvalue weighted by molar-refractivity contribution is 5.78. The smallest absolute Gasteiger partial charge is 0.307 e. The van der Waals surface area contributed by atoms with Crippen molar-refractivity contribution in [2.45, 2.75) is 25.3 Å². The minimum absolute atomic E-state index is 0.00820. The lowest BCUT2D eigenvalue weighted by Gasteiger charge is -2.18. The van der Waals surface area contributed by atoms with Crippen LogP contribution in [0.3, 0.4) is 0 Å². The number of carbonyl (C=O) groups excluding carboxylic acids is 2. The molecule has 0 aliphatic heterocycles. The van der Waals surface area contributed by atoms with Crippen LogP contribution in [-0.4, -0.2) is 26.1 Å². The molecule has 0 aromatic heterocycles. The third kappa shape index (κ3) is 5.58. The standard InChI is InChI=1S/C20H22FNO4/c1-25-16-10-7-15(8-11-16)18(13-20(24)26-2)22-19(23)12-9-14-5-3-4-6-17(14)21/h3-8,10-11,18H,9,12-13H2,1-2H3,(H,22,23)/t18-/m0/s1. The predicted molar refractivity (Wildman–Crippen MR) is 95.2 cm³/mol. The summed E-state index contributed by atoms with van der Waals surface area (Å²) >= 11 is 0. The third-order valence-electron chi connectivity index (χ3n) is 4.03. The second kappa shape index (κ2) is 9.56. The molecule has 2 aromatic rings. The van der Waals surface area contributed by atoms with Crippen LogP contribution in [0.25, 0.3) is 0 Å². The molecule has 2 aromatic carbocycles. The molecule has 0 radical (unpaired) electrons. The average molecular weight is 359 g/mol. The van der Waals surface area contributed by atoms with Gasteiger partial charge in [0.2, 0.25) is 5.91 Å². The van der Waals surface area contributed by atoms with Gasteiger partial charge in [-0.15, -0.1) is 0 Å². The number of ether oxygens (including phenoxy) is 2. The fraction of sp³-hybridized carbons (Fsp3) is 0.300. The van der Waals surface area contributed by atoms with Crippen LogP contribution in [0.5, 0.6) is 5.75 Å². The Morgan fingerprint density at radius 3 is 2.38 bits per heavy atom. The molecule has 0 bridgehead atoms. The number of benzene rings is 2. The van der Waals surface area contributed by atoms with Crippen molar-refractivity contribution in [2.24, 2.45) is 0 Å². The van der Waals surface area contributed by atoms with Gasteiger partial charge in [-0.05, 0) is 35.7 Å². The van der Waals surface area contributed by atoms with Gasteiger partial charge in [-0.3, -0.25) is 9.59 Å². The maximum atomic E-state index is 13.7. The number of rotatable bonds is 8. The third-order valence-corrected chi connectivity index (χ3v) is 4.03. The maximum absolute atomic E-state index is 13.7. The number of halogens is 1. The first-order valence-electron chi connectivity index (χ1n) is 8.27. The SMILES string of the molecule is COC(=O)C[C@H](NC(=O)CCc1ccccc1F)c1ccc(OC)cc1. The number of methoxy groups -OCH3 is 2. The number of hydrogen-bond donors (Lipinski definition) is 1. The molecule has 0 heterocycles. The molecule has 138 valence electrons. The lowest BCUT2D eigenvalue weighted by Crippen LogP contribution is -2.30. The lowest BCUT2D eigenvalue weighted by atomic mass is 10.0. The summed E-state index contributed by atoms with van der Waals surface area (Å²) in [6, 6.07) is 12.9. The van der Waals surface area contributed by atoms with E-state index in [2.05, 4.69) is 5.32 Å². The molecule has 26 heavy (non-hydrogen) atoms. The average Bonchev–Trinajstić information content (AvgIpc) is 2.66. The van der Waals surface area contributed by atoms with E-state index in [1.54, 1.807) is 49.6 Å². The lowest BCUT2D eigenvalue weighted by molar-refractivity contribution is -0.141. The van der Waals surface area contributed by atoms with Crippen LogP contribution in [-0.2, 0) is 20.7 Å². The van der Waals surface area contributed by atoms with Crippen LogP contribution >= 0.6 is 0 Å². The summed E-state index contributed by atoms with van der Waals surface area (Å²) in [4.78, 5) is 24.0. The van der Waals surface area contributed by atoms with Crippen LogP contribution in [0, 0.1) is 5.82 Å². The topological polar surface area (TPSA) is 64.6 Å². The number of carbonyl (C=O) groups is 2. The Labute approximate surface area is 152 Å².